The Morgan fingerprint density at radius 2 is 2.29 bits per heavy atom. The monoisotopic (exact) mass is 239 g/mol. The van der Waals surface area contributed by atoms with Crippen LogP contribution in [0.4, 0.5) is 11.4 Å². The lowest BCUT2D eigenvalue weighted by Gasteiger charge is -2.25. The molecule has 92 valence electrons. The molecule has 1 aromatic heterocycles. The van der Waals surface area contributed by atoms with Crippen LogP contribution < -0.4 is 5.32 Å². The molecule has 0 atom stereocenters. The third-order valence-electron chi connectivity index (χ3n) is 2.06. The number of pyridine rings is 1. The summed E-state index contributed by atoms with van der Waals surface area (Å²) >= 11 is 0. The van der Waals surface area contributed by atoms with Gasteiger partial charge in [0, 0.05) is 11.7 Å². The van der Waals surface area contributed by atoms with E-state index in [0.29, 0.717) is 0 Å². The summed E-state index contributed by atoms with van der Waals surface area (Å²) in [6.07, 6.45) is 2.39. The summed E-state index contributed by atoms with van der Waals surface area (Å²) in [5, 5.41) is 22.3. The molecular formula is C10H13N3O4. The third-order valence-corrected chi connectivity index (χ3v) is 2.06. The predicted molar refractivity (Wildman–Crippen MR) is 60.8 cm³/mol. The summed E-state index contributed by atoms with van der Waals surface area (Å²) in [6.45, 7) is 3.32. The number of aromatic nitrogens is 1. The van der Waals surface area contributed by atoms with Crippen LogP contribution in [0.25, 0.3) is 0 Å². The average Bonchev–Trinajstić information content (AvgIpc) is 2.14. The van der Waals surface area contributed by atoms with Crippen molar-refractivity contribution in [2.24, 2.45) is 0 Å². The summed E-state index contributed by atoms with van der Waals surface area (Å²) in [4.78, 5) is 24.5. The molecule has 0 spiro atoms. The highest BCUT2D eigenvalue weighted by atomic mass is 16.6. The van der Waals surface area contributed by atoms with Crippen molar-refractivity contribution in [3.63, 3.8) is 0 Å². The van der Waals surface area contributed by atoms with Gasteiger partial charge in [-0.25, -0.2) is 0 Å². The second-order valence-corrected chi connectivity index (χ2v) is 4.23. The van der Waals surface area contributed by atoms with E-state index in [1.807, 2.05) is 0 Å². The quantitative estimate of drug-likeness (QED) is 0.597. The van der Waals surface area contributed by atoms with Crippen LogP contribution in [0.5, 0.6) is 0 Å². The number of rotatable bonds is 5. The number of nitro groups is 1. The zero-order valence-corrected chi connectivity index (χ0v) is 9.51. The van der Waals surface area contributed by atoms with Crippen molar-refractivity contribution in [1.82, 2.24) is 4.98 Å². The molecule has 0 saturated heterocycles. The maximum atomic E-state index is 10.7. The Labute approximate surface area is 97.6 Å². The Balaban J connectivity index is 2.95. The molecule has 17 heavy (non-hydrogen) atoms. The fourth-order valence-electron chi connectivity index (χ4n) is 1.42. The lowest BCUT2D eigenvalue weighted by atomic mass is 10.0. The normalized spacial score (nSPS) is 10.9. The standard InChI is InChI=1S/C10H13N3O4/c1-10(2,5-9(14)15)12-7-3-4-11-6-8(7)13(16)17/h3-4,6H,5H2,1-2H3,(H,11,12)(H,14,15). The molecule has 1 heterocycles. The van der Waals surface area contributed by atoms with Crippen molar-refractivity contribution in [1.29, 1.82) is 0 Å². The number of hydrogen-bond acceptors (Lipinski definition) is 5. The third kappa shape index (κ3) is 3.71. The molecule has 0 aromatic carbocycles. The van der Waals surface area contributed by atoms with Crippen molar-refractivity contribution in [3.05, 3.63) is 28.6 Å². The molecule has 7 nitrogen and oxygen atoms in total. The smallest absolute Gasteiger partial charge is 0.310 e. The molecule has 0 fully saturated rings. The van der Waals surface area contributed by atoms with Gasteiger partial charge in [0.05, 0.1) is 11.3 Å². The van der Waals surface area contributed by atoms with Crippen LogP contribution in [-0.4, -0.2) is 26.5 Å². The van der Waals surface area contributed by atoms with Crippen LogP contribution in [0.15, 0.2) is 18.5 Å². The Morgan fingerprint density at radius 1 is 1.65 bits per heavy atom. The summed E-state index contributed by atoms with van der Waals surface area (Å²) in [5.74, 6) is -0.973. The number of aliphatic carboxylic acids is 1. The molecule has 1 rings (SSSR count). The lowest BCUT2D eigenvalue weighted by Crippen LogP contribution is -2.33. The zero-order valence-electron chi connectivity index (χ0n) is 9.51. The van der Waals surface area contributed by atoms with Gasteiger partial charge in [0.25, 0.3) is 0 Å². The van der Waals surface area contributed by atoms with Gasteiger partial charge >= 0.3 is 11.7 Å². The SMILES string of the molecule is CC(C)(CC(=O)O)Nc1ccncc1[N+](=O)[O-]. The van der Waals surface area contributed by atoms with Gasteiger partial charge in [-0.2, -0.15) is 0 Å². The van der Waals surface area contributed by atoms with E-state index in [9.17, 15) is 14.9 Å². The van der Waals surface area contributed by atoms with E-state index in [4.69, 9.17) is 5.11 Å². The van der Waals surface area contributed by atoms with Gasteiger partial charge in [-0.15, -0.1) is 0 Å². The van der Waals surface area contributed by atoms with E-state index in [-0.39, 0.29) is 17.8 Å². The van der Waals surface area contributed by atoms with Crippen molar-refractivity contribution in [2.75, 3.05) is 5.32 Å². The number of nitrogens with one attached hydrogen (secondary N) is 1. The fourth-order valence-corrected chi connectivity index (χ4v) is 1.42. The van der Waals surface area contributed by atoms with Gasteiger partial charge in [-0.3, -0.25) is 19.9 Å². The number of carboxylic acids is 1. The van der Waals surface area contributed by atoms with Crippen molar-refractivity contribution in [2.45, 2.75) is 25.8 Å². The molecular weight excluding hydrogens is 226 g/mol. The number of hydrogen-bond donors (Lipinski definition) is 2. The Kier molecular flexibility index (Phi) is 3.62. The van der Waals surface area contributed by atoms with E-state index in [2.05, 4.69) is 10.3 Å². The fraction of sp³-hybridized carbons (Fsp3) is 0.400. The van der Waals surface area contributed by atoms with E-state index in [0.717, 1.165) is 6.20 Å². The van der Waals surface area contributed by atoms with Crippen molar-refractivity contribution < 1.29 is 14.8 Å². The van der Waals surface area contributed by atoms with Gasteiger partial charge in [0.1, 0.15) is 11.9 Å². The van der Waals surface area contributed by atoms with Gasteiger partial charge in [-0.05, 0) is 19.9 Å². The van der Waals surface area contributed by atoms with E-state index in [1.54, 1.807) is 13.8 Å². The number of anilines is 1. The molecule has 2 N–H and O–H groups in total. The first-order chi connectivity index (χ1) is 7.82. The summed E-state index contributed by atoms with van der Waals surface area (Å²) in [6, 6.07) is 1.45. The molecule has 0 aliphatic rings. The lowest BCUT2D eigenvalue weighted by molar-refractivity contribution is -0.384. The van der Waals surface area contributed by atoms with Gasteiger partial charge in [0.15, 0.2) is 0 Å². The van der Waals surface area contributed by atoms with Gasteiger partial charge < -0.3 is 10.4 Å². The van der Waals surface area contributed by atoms with Crippen LogP contribution in [0.2, 0.25) is 0 Å². The van der Waals surface area contributed by atoms with E-state index in [1.165, 1.54) is 12.3 Å². The van der Waals surface area contributed by atoms with Crippen LogP contribution in [0, 0.1) is 10.1 Å². The molecule has 0 aliphatic heterocycles. The molecule has 0 aliphatic carbocycles. The predicted octanol–water partition coefficient (Wildman–Crippen LogP) is 1.65. The molecule has 7 heteroatoms. The molecule has 0 bridgehead atoms. The Hall–Kier alpha value is -2.18. The highest BCUT2D eigenvalue weighted by molar-refractivity contribution is 5.70. The Morgan fingerprint density at radius 3 is 2.82 bits per heavy atom. The number of nitrogens with zero attached hydrogens (tertiary/aromatic N) is 2. The highest BCUT2D eigenvalue weighted by Gasteiger charge is 2.25. The minimum absolute atomic E-state index is 0.146. The maximum Gasteiger partial charge on any atom is 0.310 e. The molecule has 0 saturated carbocycles. The maximum absolute atomic E-state index is 10.7. The van der Waals surface area contributed by atoms with Crippen molar-refractivity contribution >= 4 is 17.3 Å². The molecule has 0 radical (unpaired) electrons. The summed E-state index contributed by atoms with van der Waals surface area (Å²) in [5.41, 5.74) is -0.694. The second-order valence-electron chi connectivity index (χ2n) is 4.23. The molecule has 1 aromatic rings. The molecule has 0 amide bonds. The first-order valence-corrected chi connectivity index (χ1v) is 4.90. The van der Waals surface area contributed by atoms with E-state index < -0.39 is 16.4 Å². The van der Waals surface area contributed by atoms with Gasteiger partial charge in [-0.1, -0.05) is 0 Å². The summed E-state index contributed by atoms with van der Waals surface area (Å²) in [7, 11) is 0. The van der Waals surface area contributed by atoms with Crippen molar-refractivity contribution in [3.8, 4) is 0 Å². The highest BCUT2D eigenvalue weighted by Crippen LogP contribution is 2.26. The first kappa shape index (κ1) is 12.9. The Bertz CT molecular complexity index is 445. The first-order valence-electron chi connectivity index (χ1n) is 4.90. The zero-order chi connectivity index (χ0) is 13.1. The van der Waals surface area contributed by atoms with Crippen LogP contribution in [0.1, 0.15) is 20.3 Å². The topological polar surface area (TPSA) is 105 Å². The van der Waals surface area contributed by atoms with Crippen LogP contribution >= 0.6 is 0 Å². The minimum Gasteiger partial charge on any atom is -0.481 e. The average molecular weight is 239 g/mol. The second kappa shape index (κ2) is 4.77. The molecule has 0 unspecified atom stereocenters. The number of carboxylic acid groups (broad SMARTS) is 1. The van der Waals surface area contributed by atoms with Crippen LogP contribution in [0.3, 0.4) is 0 Å². The minimum atomic E-state index is -0.973. The van der Waals surface area contributed by atoms with Crippen LogP contribution in [-0.2, 0) is 4.79 Å². The van der Waals surface area contributed by atoms with E-state index >= 15 is 0 Å². The number of carbonyl (C=O) groups is 1. The van der Waals surface area contributed by atoms with Gasteiger partial charge in [0.2, 0.25) is 0 Å². The largest absolute Gasteiger partial charge is 0.481 e. The summed E-state index contributed by atoms with van der Waals surface area (Å²) < 4.78 is 0.